The molecule has 2 saturated heterocycles. The number of nitrogens with zero attached hydrogens (tertiary/aromatic N) is 3. The second-order valence-corrected chi connectivity index (χ2v) is 13.1. The third-order valence-electron chi connectivity index (χ3n) is 9.64. The van der Waals surface area contributed by atoms with Crippen molar-refractivity contribution in [2.24, 2.45) is 5.92 Å². The quantitative estimate of drug-likeness (QED) is 0.358. The topological polar surface area (TPSA) is 62.8 Å². The molecule has 4 heterocycles. The van der Waals surface area contributed by atoms with Crippen LogP contribution in [0.2, 0.25) is 0 Å². The smallest absolute Gasteiger partial charge is 0.306 e. The lowest BCUT2D eigenvalue weighted by molar-refractivity contribution is -0.143. The fourth-order valence-electron chi connectivity index (χ4n) is 7.51. The minimum atomic E-state index is -1.55. The van der Waals surface area contributed by atoms with E-state index < -0.39 is 29.3 Å². The number of carbonyl (C=O) groups is 1. The fraction of sp³-hybridized carbons (Fsp3) is 0.545. The molecule has 42 heavy (non-hydrogen) atoms. The lowest BCUT2D eigenvalue weighted by atomic mass is 9.87. The Balaban J connectivity index is 1.26. The number of likely N-dealkylation sites (tertiary alicyclic amines) is 1. The number of benzene rings is 2. The zero-order valence-corrected chi connectivity index (χ0v) is 24.7. The van der Waals surface area contributed by atoms with Crippen LogP contribution in [0.4, 0.5) is 18.9 Å². The molecule has 226 valence electrons. The van der Waals surface area contributed by atoms with Gasteiger partial charge in [0.05, 0.1) is 12.0 Å². The van der Waals surface area contributed by atoms with Crippen molar-refractivity contribution in [3.8, 4) is 0 Å². The van der Waals surface area contributed by atoms with E-state index in [1.54, 1.807) is 0 Å². The van der Waals surface area contributed by atoms with E-state index in [4.69, 9.17) is 0 Å². The van der Waals surface area contributed by atoms with Gasteiger partial charge in [0.15, 0.2) is 0 Å². The molecule has 6 nitrogen and oxygen atoms in total. The van der Waals surface area contributed by atoms with E-state index in [0.717, 1.165) is 48.1 Å². The summed E-state index contributed by atoms with van der Waals surface area (Å²) in [6.45, 7) is 7.97. The van der Waals surface area contributed by atoms with E-state index in [1.807, 2.05) is 41.0 Å². The average Bonchev–Trinajstić information content (AvgIpc) is 3.31. The lowest BCUT2D eigenvalue weighted by Gasteiger charge is -2.43. The maximum atomic E-state index is 16.1. The third-order valence-corrected chi connectivity index (χ3v) is 9.64. The number of nitrogens with one attached hydrogen (secondary N) is 1. The monoisotopic (exact) mass is 582 g/mol. The van der Waals surface area contributed by atoms with Crippen molar-refractivity contribution in [2.75, 3.05) is 37.6 Å². The normalized spacial score (nSPS) is 23.4. The van der Waals surface area contributed by atoms with Crippen molar-refractivity contribution in [3.05, 3.63) is 64.9 Å². The second-order valence-electron chi connectivity index (χ2n) is 13.1. The molecule has 3 aromatic rings. The highest BCUT2D eigenvalue weighted by Crippen LogP contribution is 2.44. The Morgan fingerprint density at radius 3 is 2.29 bits per heavy atom. The van der Waals surface area contributed by atoms with Crippen molar-refractivity contribution in [1.29, 1.82) is 0 Å². The molecule has 0 radical (unpaired) electrons. The van der Waals surface area contributed by atoms with Gasteiger partial charge in [-0.1, -0.05) is 18.2 Å². The Morgan fingerprint density at radius 1 is 1.02 bits per heavy atom. The average molecular weight is 583 g/mol. The molecule has 0 aliphatic carbocycles. The number of alkyl halides is 1. The Kier molecular flexibility index (Phi) is 7.77. The Labute approximate surface area is 245 Å². The summed E-state index contributed by atoms with van der Waals surface area (Å²) in [4.78, 5) is 21.1. The van der Waals surface area contributed by atoms with E-state index in [9.17, 15) is 9.90 Å². The minimum Gasteiger partial charge on any atom is -0.481 e. The van der Waals surface area contributed by atoms with Crippen molar-refractivity contribution in [3.63, 3.8) is 0 Å². The molecule has 1 aromatic heterocycles. The summed E-state index contributed by atoms with van der Waals surface area (Å²) in [6.07, 6.45) is 3.72. The lowest BCUT2D eigenvalue weighted by Crippen LogP contribution is -2.48. The SMILES string of the molecule is C[C@@H]1Cc2c([nH]c3ccccc23)[C@@H](c2c(F)cc(N3CCC(N4CCC(C(=O)O)CC4)CC3)cc2F)N1CC(C)(C)F. The van der Waals surface area contributed by atoms with E-state index in [2.05, 4.69) is 9.88 Å². The van der Waals surface area contributed by atoms with Crippen LogP contribution in [0.1, 0.15) is 69.3 Å². The summed E-state index contributed by atoms with van der Waals surface area (Å²) in [5, 5.41) is 10.3. The Hall–Kier alpha value is -3.04. The van der Waals surface area contributed by atoms with Gasteiger partial charge in [0.2, 0.25) is 0 Å². The van der Waals surface area contributed by atoms with Crippen LogP contribution in [0.3, 0.4) is 0 Å². The van der Waals surface area contributed by atoms with Crippen LogP contribution in [-0.2, 0) is 11.2 Å². The fourth-order valence-corrected chi connectivity index (χ4v) is 7.51. The first-order valence-electron chi connectivity index (χ1n) is 15.2. The van der Waals surface area contributed by atoms with Crippen molar-refractivity contribution in [2.45, 2.75) is 76.7 Å². The molecule has 0 amide bonds. The molecular weight excluding hydrogens is 541 g/mol. The van der Waals surface area contributed by atoms with Crippen molar-refractivity contribution < 1.29 is 23.1 Å². The first-order chi connectivity index (χ1) is 20.0. The van der Waals surface area contributed by atoms with E-state index in [1.165, 1.54) is 26.0 Å². The summed E-state index contributed by atoms with van der Waals surface area (Å²) in [7, 11) is 0. The maximum Gasteiger partial charge on any atom is 0.306 e. The number of piperidine rings is 2. The van der Waals surface area contributed by atoms with Crippen LogP contribution < -0.4 is 4.90 Å². The number of para-hydroxylation sites is 1. The van der Waals surface area contributed by atoms with Gasteiger partial charge in [-0.05, 0) is 89.7 Å². The molecule has 0 bridgehead atoms. The Morgan fingerprint density at radius 2 is 1.67 bits per heavy atom. The first kappa shape index (κ1) is 29.1. The molecule has 3 aliphatic rings. The van der Waals surface area contributed by atoms with Crippen LogP contribution in [0, 0.1) is 17.6 Å². The summed E-state index contributed by atoms with van der Waals surface area (Å²) in [6, 6.07) is 10.2. The molecule has 9 heteroatoms. The number of aromatic amines is 1. The first-order valence-corrected chi connectivity index (χ1v) is 15.2. The third kappa shape index (κ3) is 5.53. The van der Waals surface area contributed by atoms with Gasteiger partial charge in [-0.25, -0.2) is 13.2 Å². The maximum absolute atomic E-state index is 16.1. The van der Waals surface area contributed by atoms with Gasteiger partial charge in [0.1, 0.15) is 17.3 Å². The summed E-state index contributed by atoms with van der Waals surface area (Å²) in [5.74, 6) is -2.20. The van der Waals surface area contributed by atoms with Gasteiger partial charge in [-0.2, -0.15) is 0 Å². The predicted octanol–water partition coefficient (Wildman–Crippen LogP) is 6.30. The number of hydrogen-bond acceptors (Lipinski definition) is 4. The van der Waals surface area contributed by atoms with Gasteiger partial charge in [-0.3, -0.25) is 9.69 Å². The summed E-state index contributed by atoms with van der Waals surface area (Å²) in [5.41, 5.74) is 1.61. The van der Waals surface area contributed by atoms with Crippen molar-refractivity contribution >= 4 is 22.6 Å². The summed E-state index contributed by atoms with van der Waals surface area (Å²) >= 11 is 0. The van der Waals surface area contributed by atoms with Crippen LogP contribution in [0.15, 0.2) is 36.4 Å². The number of carboxylic acids is 1. The van der Waals surface area contributed by atoms with E-state index in [0.29, 0.717) is 44.1 Å². The van der Waals surface area contributed by atoms with E-state index in [-0.39, 0.29) is 24.1 Å². The Bertz CT molecular complexity index is 1430. The van der Waals surface area contributed by atoms with Gasteiger partial charge in [0, 0.05) is 59.6 Å². The van der Waals surface area contributed by atoms with Gasteiger partial charge < -0.3 is 19.9 Å². The zero-order chi connectivity index (χ0) is 29.8. The molecule has 2 fully saturated rings. The zero-order valence-electron chi connectivity index (χ0n) is 24.7. The minimum absolute atomic E-state index is 0.0430. The molecular formula is C33H41F3N4O2. The van der Waals surface area contributed by atoms with Crippen molar-refractivity contribution in [1.82, 2.24) is 14.8 Å². The number of fused-ring (bicyclic) bond motifs is 3. The van der Waals surface area contributed by atoms with Crippen LogP contribution >= 0.6 is 0 Å². The molecule has 0 unspecified atom stereocenters. The second kappa shape index (κ2) is 11.2. The highest BCUT2D eigenvalue weighted by Gasteiger charge is 2.41. The number of aromatic nitrogens is 1. The molecule has 2 N–H and O–H groups in total. The number of carboxylic acid groups (broad SMARTS) is 1. The highest BCUT2D eigenvalue weighted by atomic mass is 19.1. The number of aliphatic carboxylic acids is 1. The molecule has 2 atom stereocenters. The molecule has 2 aromatic carbocycles. The standard InChI is InChI=1S/C33H41F3N4O2/c1-20-16-25-24-6-4-5-7-28(24)37-30(25)31(40(20)19-33(2,3)36)29-26(34)17-23(18-27(29)35)39-14-10-22(11-15-39)38-12-8-21(9-13-38)32(41)42/h4-7,17-18,20-22,31,37H,8-16,19H2,1-3H3,(H,41,42)/t20-,31-/m1/s1. The van der Waals surface area contributed by atoms with Crippen LogP contribution in [0.5, 0.6) is 0 Å². The van der Waals surface area contributed by atoms with Gasteiger partial charge in [0.25, 0.3) is 0 Å². The van der Waals surface area contributed by atoms with E-state index >= 15 is 13.2 Å². The molecule has 0 spiro atoms. The molecule has 0 saturated carbocycles. The number of hydrogen-bond donors (Lipinski definition) is 2. The highest BCUT2D eigenvalue weighted by molar-refractivity contribution is 5.85. The number of H-pyrrole nitrogens is 1. The van der Waals surface area contributed by atoms with Crippen LogP contribution in [-0.4, -0.2) is 76.3 Å². The summed E-state index contributed by atoms with van der Waals surface area (Å²) < 4.78 is 47.4. The predicted molar refractivity (Wildman–Crippen MR) is 159 cm³/mol. The number of anilines is 1. The number of halogens is 3. The van der Waals surface area contributed by atoms with Gasteiger partial charge >= 0.3 is 5.97 Å². The number of rotatable bonds is 6. The molecule has 3 aliphatic heterocycles. The van der Waals surface area contributed by atoms with Crippen LogP contribution in [0.25, 0.3) is 10.9 Å². The molecule has 6 rings (SSSR count). The largest absolute Gasteiger partial charge is 0.481 e. The van der Waals surface area contributed by atoms with Gasteiger partial charge in [-0.15, -0.1) is 0 Å².